The Balaban J connectivity index is 1.90. The van der Waals surface area contributed by atoms with E-state index in [2.05, 4.69) is 5.32 Å². The molecule has 0 heterocycles. The fraction of sp³-hybridized carbons (Fsp3) is 0.200. The maximum atomic E-state index is 13.5. The molecule has 2 N–H and O–H groups in total. The van der Waals surface area contributed by atoms with Crippen LogP contribution in [0.25, 0.3) is 0 Å². The van der Waals surface area contributed by atoms with Gasteiger partial charge in [0.05, 0.1) is 6.10 Å². The molecule has 1 atom stereocenters. The van der Waals surface area contributed by atoms with Crippen LogP contribution in [0.3, 0.4) is 0 Å². The first-order valence-electron chi connectivity index (χ1n) is 6.05. The van der Waals surface area contributed by atoms with Crippen molar-refractivity contribution in [2.24, 2.45) is 0 Å². The van der Waals surface area contributed by atoms with Crippen LogP contribution in [0.15, 0.2) is 48.5 Å². The average molecular weight is 280 g/mol. The van der Waals surface area contributed by atoms with Gasteiger partial charge in [-0.15, -0.1) is 0 Å². The van der Waals surface area contributed by atoms with Crippen molar-refractivity contribution in [3.63, 3.8) is 0 Å². The van der Waals surface area contributed by atoms with Crippen LogP contribution in [0, 0.1) is 5.82 Å². The Morgan fingerprint density at radius 2 is 1.84 bits per heavy atom. The first-order valence-corrected chi connectivity index (χ1v) is 6.43. The molecule has 19 heavy (non-hydrogen) atoms. The maximum Gasteiger partial charge on any atom is 0.129 e. The summed E-state index contributed by atoms with van der Waals surface area (Å²) in [4.78, 5) is 0. The molecule has 2 rings (SSSR count). The summed E-state index contributed by atoms with van der Waals surface area (Å²) in [5.41, 5.74) is 1.25. The van der Waals surface area contributed by atoms with E-state index in [1.807, 2.05) is 30.3 Å². The number of aliphatic hydroxyl groups is 1. The molecule has 0 bridgehead atoms. The zero-order valence-electron chi connectivity index (χ0n) is 10.3. The van der Waals surface area contributed by atoms with Crippen LogP contribution < -0.4 is 5.32 Å². The van der Waals surface area contributed by atoms with E-state index in [4.69, 9.17) is 11.6 Å². The van der Waals surface area contributed by atoms with E-state index < -0.39 is 6.10 Å². The van der Waals surface area contributed by atoms with Crippen molar-refractivity contribution in [3.8, 4) is 0 Å². The lowest BCUT2D eigenvalue weighted by atomic mass is 10.1. The van der Waals surface area contributed by atoms with Crippen LogP contribution in [-0.2, 0) is 6.54 Å². The molecular formula is C15H15ClFNO. The molecule has 0 amide bonds. The van der Waals surface area contributed by atoms with E-state index in [1.54, 1.807) is 12.1 Å². The summed E-state index contributed by atoms with van der Waals surface area (Å²) in [5, 5.41) is 13.3. The number of halogens is 2. The third-order valence-corrected chi connectivity index (χ3v) is 3.24. The molecule has 100 valence electrons. The van der Waals surface area contributed by atoms with Gasteiger partial charge in [0.1, 0.15) is 5.82 Å². The molecule has 0 fully saturated rings. The van der Waals surface area contributed by atoms with Gasteiger partial charge in [-0.05, 0) is 17.7 Å². The molecule has 0 aliphatic heterocycles. The van der Waals surface area contributed by atoms with Crippen molar-refractivity contribution < 1.29 is 9.50 Å². The Bertz CT molecular complexity index is 513. The highest BCUT2D eigenvalue weighted by Gasteiger charge is 2.09. The van der Waals surface area contributed by atoms with Crippen molar-refractivity contribution in [3.05, 3.63) is 70.5 Å². The predicted molar refractivity (Wildman–Crippen MR) is 74.5 cm³/mol. The lowest BCUT2D eigenvalue weighted by Gasteiger charge is -2.13. The van der Waals surface area contributed by atoms with Gasteiger partial charge in [-0.2, -0.15) is 0 Å². The Labute approximate surface area is 116 Å². The summed E-state index contributed by atoms with van der Waals surface area (Å²) < 4.78 is 13.5. The second kappa shape index (κ2) is 6.66. The maximum absolute atomic E-state index is 13.5. The second-order valence-corrected chi connectivity index (χ2v) is 4.66. The minimum atomic E-state index is -0.619. The Kier molecular flexibility index (Phi) is 4.91. The van der Waals surface area contributed by atoms with E-state index in [0.29, 0.717) is 17.1 Å². The van der Waals surface area contributed by atoms with Gasteiger partial charge in [0, 0.05) is 23.7 Å². The Morgan fingerprint density at radius 3 is 2.53 bits per heavy atom. The third kappa shape index (κ3) is 3.77. The summed E-state index contributed by atoms with van der Waals surface area (Å²) in [5.74, 6) is -0.339. The number of hydrogen-bond donors (Lipinski definition) is 2. The topological polar surface area (TPSA) is 32.3 Å². The molecule has 0 aromatic heterocycles. The van der Waals surface area contributed by atoms with Crippen LogP contribution in [0.5, 0.6) is 0 Å². The zero-order valence-corrected chi connectivity index (χ0v) is 11.1. The molecule has 2 nitrogen and oxygen atoms in total. The van der Waals surface area contributed by atoms with Crippen LogP contribution >= 0.6 is 11.6 Å². The molecule has 0 aliphatic carbocycles. The van der Waals surface area contributed by atoms with Gasteiger partial charge in [-0.1, -0.05) is 48.0 Å². The van der Waals surface area contributed by atoms with Gasteiger partial charge >= 0.3 is 0 Å². The fourth-order valence-corrected chi connectivity index (χ4v) is 2.06. The van der Waals surface area contributed by atoms with Gasteiger partial charge in [-0.3, -0.25) is 0 Å². The molecule has 0 spiro atoms. The van der Waals surface area contributed by atoms with Crippen molar-refractivity contribution in [2.45, 2.75) is 12.6 Å². The van der Waals surface area contributed by atoms with E-state index in [0.717, 1.165) is 5.56 Å². The monoisotopic (exact) mass is 279 g/mol. The molecular weight excluding hydrogens is 265 g/mol. The third-order valence-electron chi connectivity index (χ3n) is 2.89. The number of nitrogens with one attached hydrogen (secondary N) is 1. The quantitative estimate of drug-likeness (QED) is 0.880. The van der Waals surface area contributed by atoms with Crippen LogP contribution in [-0.4, -0.2) is 11.7 Å². The molecule has 2 aromatic carbocycles. The lowest BCUT2D eigenvalue weighted by molar-refractivity contribution is 0.174. The normalized spacial score (nSPS) is 12.4. The zero-order chi connectivity index (χ0) is 13.7. The summed E-state index contributed by atoms with van der Waals surface area (Å²) >= 11 is 5.92. The fourth-order valence-electron chi connectivity index (χ4n) is 1.83. The van der Waals surface area contributed by atoms with Crippen molar-refractivity contribution in [1.82, 2.24) is 5.32 Å². The van der Waals surface area contributed by atoms with Gasteiger partial charge < -0.3 is 10.4 Å². The predicted octanol–water partition coefficient (Wildman–Crippen LogP) is 3.30. The first-order chi connectivity index (χ1) is 9.18. The summed E-state index contributed by atoms with van der Waals surface area (Å²) in [6, 6.07) is 13.9. The molecule has 4 heteroatoms. The van der Waals surface area contributed by atoms with E-state index in [9.17, 15) is 9.50 Å². The molecule has 0 radical (unpaired) electrons. The first kappa shape index (κ1) is 14.0. The van der Waals surface area contributed by atoms with E-state index in [-0.39, 0.29) is 12.4 Å². The van der Waals surface area contributed by atoms with Crippen LogP contribution in [0.2, 0.25) is 5.02 Å². The lowest BCUT2D eigenvalue weighted by Crippen LogP contribution is -2.21. The largest absolute Gasteiger partial charge is 0.387 e. The summed E-state index contributed by atoms with van der Waals surface area (Å²) in [6.45, 7) is 0.629. The van der Waals surface area contributed by atoms with Gasteiger partial charge in [0.2, 0.25) is 0 Å². The average Bonchev–Trinajstić information content (AvgIpc) is 2.43. The van der Waals surface area contributed by atoms with Crippen molar-refractivity contribution >= 4 is 11.6 Å². The molecule has 0 aliphatic rings. The molecule has 0 unspecified atom stereocenters. The van der Waals surface area contributed by atoms with Gasteiger partial charge in [0.25, 0.3) is 0 Å². The van der Waals surface area contributed by atoms with E-state index >= 15 is 0 Å². The number of benzene rings is 2. The molecule has 0 saturated heterocycles. The summed E-state index contributed by atoms with van der Waals surface area (Å²) in [6.07, 6.45) is -0.619. The minimum Gasteiger partial charge on any atom is -0.387 e. The Hall–Kier alpha value is -1.42. The summed E-state index contributed by atoms with van der Waals surface area (Å²) in [7, 11) is 0. The van der Waals surface area contributed by atoms with E-state index in [1.165, 1.54) is 6.07 Å². The standard InChI is InChI=1S/C15H15ClFNO/c16-13-7-4-8-14(17)12(13)9-18-10-15(19)11-5-2-1-3-6-11/h1-8,15,18-19H,9-10H2/t15-/m1/s1. The highest BCUT2D eigenvalue weighted by Crippen LogP contribution is 2.19. The smallest absolute Gasteiger partial charge is 0.129 e. The Morgan fingerprint density at radius 1 is 1.11 bits per heavy atom. The molecule has 0 saturated carbocycles. The minimum absolute atomic E-state index is 0.287. The van der Waals surface area contributed by atoms with Crippen molar-refractivity contribution in [2.75, 3.05) is 6.54 Å². The van der Waals surface area contributed by atoms with Gasteiger partial charge in [0.15, 0.2) is 0 Å². The highest BCUT2D eigenvalue weighted by atomic mass is 35.5. The molecule has 2 aromatic rings. The van der Waals surface area contributed by atoms with Crippen LogP contribution in [0.1, 0.15) is 17.2 Å². The number of aliphatic hydroxyl groups excluding tert-OH is 1. The number of hydrogen-bond acceptors (Lipinski definition) is 2. The van der Waals surface area contributed by atoms with Crippen LogP contribution in [0.4, 0.5) is 4.39 Å². The van der Waals surface area contributed by atoms with Crippen molar-refractivity contribution in [1.29, 1.82) is 0 Å². The SMILES string of the molecule is O[C@H](CNCc1c(F)cccc1Cl)c1ccccc1. The highest BCUT2D eigenvalue weighted by molar-refractivity contribution is 6.31. The number of rotatable bonds is 5. The second-order valence-electron chi connectivity index (χ2n) is 4.26. The van der Waals surface area contributed by atoms with Gasteiger partial charge in [-0.25, -0.2) is 4.39 Å².